The summed E-state index contributed by atoms with van der Waals surface area (Å²) in [7, 11) is 1.92. The van der Waals surface area contributed by atoms with Gasteiger partial charge in [0.1, 0.15) is 11.5 Å². The number of rotatable bonds is 7. The smallest absolute Gasteiger partial charge is 0.229 e. The number of hydrogen-bond donors (Lipinski definition) is 1. The van der Waals surface area contributed by atoms with Gasteiger partial charge in [-0.25, -0.2) is 19.3 Å². The summed E-state index contributed by atoms with van der Waals surface area (Å²) in [6, 6.07) is 11.6. The molecule has 1 N–H and O–H groups in total. The highest BCUT2D eigenvalue weighted by atomic mass is 19.1. The molecule has 0 unspecified atom stereocenters. The fourth-order valence-corrected chi connectivity index (χ4v) is 4.54. The van der Waals surface area contributed by atoms with Crippen LogP contribution in [0.25, 0.3) is 27.7 Å². The van der Waals surface area contributed by atoms with Gasteiger partial charge in [0.25, 0.3) is 0 Å². The zero-order valence-electron chi connectivity index (χ0n) is 21.0. The van der Waals surface area contributed by atoms with Crippen molar-refractivity contribution in [2.45, 2.75) is 26.2 Å². The number of nitrogens with one attached hydrogen (secondary N) is 1. The van der Waals surface area contributed by atoms with Crippen LogP contribution in [0.3, 0.4) is 0 Å². The van der Waals surface area contributed by atoms with E-state index in [1.807, 2.05) is 54.3 Å². The number of hydrogen-bond acceptors (Lipinski definition) is 7. The Morgan fingerprint density at radius 2 is 1.97 bits per heavy atom. The van der Waals surface area contributed by atoms with Crippen molar-refractivity contribution in [3.63, 3.8) is 0 Å². The Morgan fingerprint density at radius 1 is 1.14 bits per heavy atom. The normalized spacial score (nSPS) is 13.2. The molecule has 0 bridgehead atoms. The van der Waals surface area contributed by atoms with E-state index in [1.165, 1.54) is 6.20 Å². The van der Waals surface area contributed by atoms with Crippen LogP contribution in [0.1, 0.15) is 37.4 Å². The SMILES string of the molecule is CC(C)c1c2cc(-c3nc(Nc4ccc(C5=CCN(CCC#N)C=C5)cn4)ncc3F)ccc2nn1C. The molecule has 5 rings (SSSR count). The maximum atomic E-state index is 14.8. The molecule has 186 valence electrons. The van der Waals surface area contributed by atoms with Gasteiger partial charge in [0.2, 0.25) is 5.95 Å². The number of allylic oxidation sites excluding steroid dienone is 2. The van der Waals surface area contributed by atoms with Crippen LogP contribution in [0.2, 0.25) is 0 Å². The molecule has 0 amide bonds. The highest BCUT2D eigenvalue weighted by Crippen LogP contribution is 2.30. The van der Waals surface area contributed by atoms with Crippen molar-refractivity contribution in [2.75, 3.05) is 18.4 Å². The average molecular weight is 495 g/mol. The van der Waals surface area contributed by atoms with E-state index in [0.29, 0.717) is 24.3 Å². The fraction of sp³-hybridized carbons (Fsp3) is 0.250. The predicted molar refractivity (Wildman–Crippen MR) is 142 cm³/mol. The molecule has 0 fully saturated rings. The molecule has 0 radical (unpaired) electrons. The highest BCUT2D eigenvalue weighted by Gasteiger charge is 2.16. The van der Waals surface area contributed by atoms with Gasteiger partial charge in [-0.1, -0.05) is 26.0 Å². The summed E-state index contributed by atoms with van der Waals surface area (Å²) in [5.74, 6) is 0.594. The molecule has 9 heteroatoms. The third-order valence-corrected chi connectivity index (χ3v) is 6.30. The van der Waals surface area contributed by atoms with Crippen molar-refractivity contribution in [2.24, 2.45) is 7.05 Å². The number of aromatic nitrogens is 5. The van der Waals surface area contributed by atoms with Gasteiger partial charge in [-0.05, 0) is 53.6 Å². The van der Waals surface area contributed by atoms with Gasteiger partial charge in [0, 0.05) is 43.0 Å². The molecule has 4 heterocycles. The number of nitriles is 1. The molecule has 4 aromatic rings. The van der Waals surface area contributed by atoms with Crippen molar-refractivity contribution in [3.05, 3.63) is 78.2 Å². The summed E-state index contributed by atoms with van der Waals surface area (Å²) in [4.78, 5) is 15.2. The van der Waals surface area contributed by atoms with Crippen LogP contribution in [0.4, 0.5) is 16.2 Å². The first kappa shape index (κ1) is 24.1. The quantitative estimate of drug-likeness (QED) is 0.359. The Balaban J connectivity index is 1.35. The van der Waals surface area contributed by atoms with Gasteiger partial charge >= 0.3 is 0 Å². The van der Waals surface area contributed by atoms with Crippen LogP contribution >= 0.6 is 0 Å². The highest BCUT2D eigenvalue weighted by molar-refractivity contribution is 5.87. The van der Waals surface area contributed by atoms with Crippen LogP contribution in [0, 0.1) is 17.1 Å². The van der Waals surface area contributed by atoms with Crippen molar-refractivity contribution >= 4 is 28.2 Å². The molecule has 0 saturated carbocycles. The first-order valence-corrected chi connectivity index (χ1v) is 12.2. The third-order valence-electron chi connectivity index (χ3n) is 6.30. The van der Waals surface area contributed by atoms with Gasteiger partial charge in [-0.15, -0.1) is 0 Å². The van der Waals surface area contributed by atoms with E-state index < -0.39 is 5.82 Å². The van der Waals surface area contributed by atoms with E-state index >= 15 is 0 Å². The molecule has 1 aliphatic heterocycles. The van der Waals surface area contributed by atoms with E-state index in [4.69, 9.17) is 5.26 Å². The second kappa shape index (κ2) is 10.2. The molecular formula is C28H27FN8. The van der Waals surface area contributed by atoms with E-state index in [-0.39, 0.29) is 17.6 Å². The van der Waals surface area contributed by atoms with Crippen molar-refractivity contribution < 1.29 is 4.39 Å². The minimum absolute atomic E-state index is 0.216. The lowest BCUT2D eigenvalue weighted by Crippen LogP contribution is -2.20. The number of anilines is 2. The van der Waals surface area contributed by atoms with E-state index in [0.717, 1.165) is 34.3 Å². The molecule has 0 atom stereocenters. The zero-order valence-corrected chi connectivity index (χ0v) is 21.0. The number of pyridine rings is 1. The van der Waals surface area contributed by atoms with Crippen molar-refractivity contribution in [3.8, 4) is 17.3 Å². The number of nitrogens with zero attached hydrogens (tertiary/aromatic N) is 7. The van der Waals surface area contributed by atoms with Crippen LogP contribution in [-0.4, -0.2) is 42.7 Å². The third kappa shape index (κ3) is 5.05. The molecule has 1 aliphatic rings. The lowest BCUT2D eigenvalue weighted by Gasteiger charge is -2.21. The standard InChI is InChI=1S/C28H27FN8/c1-18(2)27-22-15-20(5-7-24(22)35-36(27)3)26-23(29)17-32-28(34-26)33-25-8-6-21(16-31-25)19-9-13-37(14-10-19)12-4-11-30/h5-10,13,15-18H,4,12,14H2,1-3H3,(H,31,32,33,34). The summed E-state index contributed by atoms with van der Waals surface area (Å²) in [6.45, 7) is 5.69. The molecule has 8 nitrogen and oxygen atoms in total. The van der Waals surface area contributed by atoms with Crippen molar-refractivity contribution in [1.29, 1.82) is 5.26 Å². The van der Waals surface area contributed by atoms with Gasteiger partial charge < -0.3 is 10.2 Å². The monoisotopic (exact) mass is 494 g/mol. The first-order valence-electron chi connectivity index (χ1n) is 12.2. The average Bonchev–Trinajstić information content (AvgIpc) is 3.24. The minimum Gasteiger partial charge on any atom is -0.373 e. The summed E-state index contributed by atoms with van der Waals surface area (Å²) in [5.41, 5.74) is 4.88. The zero-order chi connectivity index (χ0) is 25.9. The largest absolute Gasteiger partial charge is 0.373 e. The van der Waals surface area contributed by atoms with Crippen LogP contribution in [-0.2, 0) is 7.05 Å². The van der Waals surface area contributed by atoms with Crippen molar-refractivity contribution in [1.82, 2.24) is 29.6 Å². The number of benzene rings is 1. The van der Waals surface area contributed by atoms with Crippen LogP contribution < -0.4 is 5.32 Å². The first-order chi connectivity index (χ1) is 17.9. The van der Waals surface area contributed by atoms with E-state index in [1.54, 1.807) is 6.20 Å². The molecule has 37 heavy (non-hydrogen) atoms. The molecule has 1 aromatic carbocycles. The van der Waals surface area contributed by atoms with Gasteiger partial charge in [-0.2, -0.15) is 10.4 Å². The Labute approximate surface area is 214 Å². The Morgan fingerprint density at radius 3 is 2.68 bits per heavy atom. The van der Waals surface area contributed by atoms with Gasteiger partial charge in [0.15, 0.2) is 5.82 Å². The minimum atomic E-state index is -0.497. The summed E-state index contributed by atoms with van der Waals surface area (Å²) < 4.78 is 16.7. The molecule has 0 saturated heterocycles. The molecular weight excluding hydrogens is 467 g/mol. The maximum Gasteiger partial charge on any atom is 0.229 e. The second-order valence-corrected chi connectivity index (χ2v) is 9.22. The molecule has 0 aliphatic carbocycles. The van der Waals surface area contributed by atoms with E-state index in [2.05, 4.69) is 56.3 Å². The van der Waals surface area contributed by atoms with Crippen LogP contribution in [0.15, 0.2) is 61.1 Å². The van der Waals surface area contributed by atoms with E-state index in [9.17, 15) is 4.39 Å². The van der Waals surface area contributed by atoms with Crippen LogP contribution in [0.5, 0.6) is 0 Å². The maximum absolute atomic E-state index is 14.8. The summed E-state index contributed by atoms with van der Waals surface area (Å²) in [6.07, 6.45) is 9.58. The summed E-state index contributed by atoms with van der Waals surface area (Å²) in [5, 5.41) is 17.4. The lowest BCUT2D eigenvalue weighted by molar-refractivity contribution is 0.422. The fourth-order valence-electron chi connectivity index (χ4n) is 4.54. The van der Waals surface area contributed by atoms with Gasteiger partial charge in [-0.3, -0.25) is 4.68 Å². The Kier molecular flexibility index (Phi) is 6.64. The lowest BCUT2D eigenvalue weighted by atomic mass is 10.0. The molecule has 3 aromatic heterocycles. The number of halogens is 1. The topological polar surface area (TPSA) is 95.6 Å². The predicted octanol–water partition coefficient (Wildman–Crippen LogP) is 5.56. The number of aryl methyl sites for hydroxylation is 1. The van der Waals surface area contributed by atoms with Gasteiger partial charge in [0.05, 0.1) is 24.2 Å². The number of fused-ring (bicyclic) bond motifs is 1. The summed E-state index contributed by atoms with van der Waals surface area (Å²) >= 11 is 0. The second-order valence-electron chi connectivity index (χ2n) is 9.22. The molecule has 0 spiro atoms. The Hall–Kier alpha value is -4.58. The Bertz CT molecular complexity index is 1540.